The zero-order valence-corrected chi connectivity index (χ0v) is 10.8. The van der Waals surface area contributed by atoms with E-state index in [4.69, 9.17) is 4.74 Å². The fourth-order valence-corrected chi connectivity index (χ4v) is 2.39. The molecule has 2 atom stereocenters. The number of aliphatic hydroxyl groups excluding tert-OH is 1. The topological polar surface area (TPSA) is 58.6 Å². The third-order valence-corrected chi connectivity index (χ3v) is 3.43. The van der Waals surface area contributed by atoms with Gasteiger partial charge in [-0.15, -0.1) is 0 Å². The molecule has 2 unspecified atom stereocenters. The Hall–Kier alpha value is -1.55. The second-order valence-corrected chi connectivity index (χ2v) is 4.80. The summed E-state index contributed by atoms with van der Waals surface area (Å²) in [6.07, 6.45) is 1.86. The van der Waals surface area contributed by atoms with Crippen molar-refractivity contribution in [1.82, 2.24) is 0 Å². The maximum atomic E-state index is 12.1. The van der Waals surface area contributed by atoms with E-state index in [1.54, 1.807) is 7.11 Å². The largest absolute Gasteiger partial charge is 0.495 e. The molecule has 0 heterocycles. The normalized spacial score (nSPS) is 22.8. The van der Waals surface area contributed by atoms with Crippen molar-refractivity contribution >= 4 is 11.6 Å². The molecule has 98 valence electrons. The first-order chi connectivity index (χ1) is 8.61. The van der Waals surface area contributed by atoms with Gasteiger partial charge in [0, 0.05) is 0 Å². The van der Waals surface area contributed by atoms with E-state index in [-0.39, 0.29) is 11.8 Å². The molecule has 1 fully saturated rings. The predicted octanol–water partition coefficient (Wildman–Crippen LogP) is 2.10. The van der Waals surface area contributed by atoms with E-state index >= 15 is 0 Å². The van der Waals surface area contributed by atoms with Crippen molar-refractivity contribution in [2.24, 2.45) is 5.92 Å². The molecule has 0 spiro atoms. The Balaban J connectivity index is 2.13. The summed E-state index contributed by atoms with van der Waals surface area (Å²) in [6.45, 7) is 1.96. The molecule has 1 aliphatic rings. The monoisotopic (exact) mass is 249 g/mol. The fourth-order valence-electron chi connectivity index (χ4n) is 2.39. The lowest BCUT2D eigenvalue weighted by molar-refractivity contribution is -0.122. The Kier molecular flexibility index (Phi) is 3.87. The number of nitrogens with one attached hydrogen (secondary N) is 1. The zero-order chi connectivity index (χ0) is 13.1. The number of rotatable bonds is 3. The highest BCUT2D eigenvalue weighted by Gasteiger charge is 2.31. The first kappa shape index (κ1) is 12.9. The molecule has 4 heteroatoms. The lowest BCUT2D eigenvalue weighted by Crippen LogP contribution is -2.28. The summed E-state index contributed by atoms with van der Waals surface area (Å²) < 4.78 is 5.21. The van der Waals surface area contributed by atoms with Crippen LogP contribution in [0.5, 0.6) is 5.75 Å². The summed E-state index contributed by atoms with van der Waals surface area (Å²) in [7, 11) is 1.57. The highest BCUT2D eigenvalue weighted by atomic mass is 16.5. The van der Waals surface area contributed by atoms with Crippen molar-refractivity contribution < 1.29 is 14.6 Å². The quantitative estimate of drug-likeness (QED) is 0.862. The Labute approximate surface area is 107 Å². The lowest BCUT2D eigenvalue weighted by Gasteiger charge is -2.16. The minimum atomic E-state index is -0.513. The highest BCUT2D eigenvalue weighted by molar-refractivity contribution is 5.94. The Morgan fingerprint density at radius 3 is 2.83 bits per heavy atom. The van der Waals surface area contributed by atoms with Crippen LogP contribution in [-0.4, -0.2) is 24.2 Å². The molecule has 0 bridgehead atoms. The summed E-state index contributed by atoms with van der Waals surface area (Å²) >= 11 is 0. The van der Waals surface area contributed by atoms with Gasteiger partial charge in [-0.3, -0.25) is 4.79 Å². The second kappa shape index (κ2) is 5.40. The Morgan fingerprint density at radius 2 is 2.22 bits per heavy atom. The van der Waals surface area contributed by atoms with E-state index in [9.17, 15) is 9.90 Å². The predicted molar refractivity (Wildman–Crippen MR) is 69.7 cm³/mol. The Bertz CT molecular complexity index is 445. The smallest absolute Gasteiger partial charge is 0.230 e. The van der Waals surface area contributed by atoms with Gasteiger partial charge in [-0.25, -0.2) is 0 Å². The van der Waals surface area contributed by atoms with Gasteiger partial charge >= 0.3 is 0 Å². The molecule has 0 aliphatic heterocycles. The average Bonchev–Trinajstić information content (AvgIpc) is 2.76. The van der Waals surface area contributed by atoms with Crippen molar-refractivity contribution in [2.45, 2.75) is 32.3 Å². The van der Waals surface area contributed by atoms with Crippen LogP contribution in [0, 0.1) is 12.8 Å². The first-order valence-electron chi connectivity index (χ1n) is 6.25. The third kappa shape index (κ3) is 2.64. The molecule has 1 aromatic carbocycles. The number of ether oxygens (including phenoxy) is 1. The van der Waals surface area contributed by atoms with Gasteiger partial charge in [-0.1, -0.05) is 6.07 Å². The molecule has 1 aliphatic carbocycles. The molecule has 0 radical (unpaired) electrons. The lowest BCUT2D eigenvalue weighted by atomic mass is 10.0. The molecule has 18 heavy (non-hydrogen) atoms. The Morgan fingerprint density at radius 1 is 1.44 bits per heavy atom. The fraction of sp³-hybridized carbons (Fsp3) is 0.500. The number of amides is 1. The number of hydrogen-bond donors (Lipinski definition) is 2. The molecule has 1 saturated carbocycles. The van der Waals surface area contributed by atoms with Crippen molar-refractivity contribution in [2.75, 3.05) is 12.4 Å². The van der Waals surface area contributed by atoms with Crippen molar-refractivity contribution in [3.8, 4) is 5.75 Å². The van der Waals surface area contributed by atoms with Gasteiger partial charge in [0.25, 0.3) is 0 Å². The van der Waals surface area contributed by atoms with Gasteiger partial charge in [-0.05, 0) is 43.9 Å². The van der Waals surface area contributed by atoms with Crippen LogP contribution in [0.15, 0.2) is 18.2 Å². The minimum Gasteiger partial charge on any atom is -0.495 e. The van der Waals surface area contributed by atoms with Crippen molar-refractivity contribution in [3.05, 3.63) is 23.8 Å². The van der Waals surface area contributed by atoms with Gasteiger partial charge in [0.2, 0.25) is 5.91 Å². The molecule has 1 amide bonds. The third-order valence-electron chi connectivity index (χ3n) is 3.43. The number of carbonyl (C=O) groups is 1. The number of anilines is 1. The van der Waals surface area contributed by atoms with Gasteiger partial charge in [0.15, 0.2) is 0 Å². The van der Waals surface area contributed by atoms with Crippen LogP contribution in [0.3, 0.4) is 0 Å². The number of carbonyl (C=O) groups excluding carboxylic acids is 1. The summed E-state index contributed by atoms with van der Waals surface area (Å²) in [5.74, 6) is 0.223. The van der Waals surface area contributed by atoms with Gasteiger partial charge in [-0.2, -0.15) is 0 Å². The standard InChI is InChI=1S/C14H19NO3/c1-9-6-7-13(18-2)11(8-9)15-14(17)10-4-3-5-12(10)16/h6-8,10,12,16H,3-5H2,1-2H3,(H,15,17). The molecule has 0 saturated heterocycles. The van der Waals surface area contributed by atoms with Crippen molar-refractivity contribution in [1.29, 1.82) is 0 Å². The molecule has 2 rings (SSSR count). The van der Waals surface area contributed by atoms with E-state index in [1.807, 2.05) is 25.1 Å². The molecular weight excluding hydrogens is 230 g/mol. The van der Waals surface area contributed by atoms with E-state index in [2.05, 4.69) is 5.32 Å². The van der Waals surface area contributed by atoms with E-state index < -0.39 is 6.10 Å². The SMILES string of the molecule is COc1ccc(C)cc1NC(=O)C1CCCC1O. The minimum absolute atomic E-state index is 0.121. The molecule has 4 nitrogen and oxygen atoms in total. The van der Waals surface area contributed by atoms with Crippen molar-refractivity contribution in [3.63, 3.8) is 0 Å². The molecular formula is C14H19NO3. The summed E-state index contributed by atoms with van der Waals surface area (Å²) in [5.41, 5.74) is 1.72. The summed E-state index contributed by atoms with van der Waals surface area (Å²) in [5, 5.41) is 12.6. The van der Waals surface area contributed by atoms with Crippen LogP contribution in [0.2, 0.25) is 0 Å². The van der Waals surface area contributed by atoms with E-state index in [0.717, 1.165) is 18.4 Å². The first-order valence-corrected chi connectivity index (χ1v) is 6.25. The van der Waals surface area contributed by atoms with Gasteiger partial charge in [0.1, 0.15) is 5.75 Å². The second-order valence-electron chi connectivity index (χ2n) is 4.80. The van der Waals surface area contributed by atoms with E-state index in [1.165, 1.54) is 0 Å². The summed E-state index contributed by atoms with van der Waals surface area (Å²) in [4.78, 5) is 12.1. The molecule has 1 aromatic rings. The molecule has 0 aromatic heterocycles. The van der Waals surface area contributed by atoms with Gasteiger partial charge in [0.05, 0.1) is 24.8 Å². The number of aliphatic hydroxyl groups is 1. The molecule has 2 N–H and O–H groups in total. The van der Waals surface area contributed by atoms with Crippen LogP contribution in [-0.2, 0) is 4.79 Å². The van der Waals surface area contributed by atoms with Crippen LogP contribution in [0.4, 0.5) is 5.69 Å². The number of hydrogen-bond acceptors (Lipinski definition) is 3. The zero-order valence-electron chi connectivity index (χ0n) is 10.8. The number of aryl methyl sites for hydroxylation is 1. The number of benzene rings is 1. The van der Waals surface area contributed by atoms with Crippen LogP contribution >= 0.6 is 0 Å². The number of methoxy groups -OCH3 is 1. The maximum absolute atomic E-state index is 12.1. The highest BCUT2D eigenvalue weighted by Crippen LogP contribution is 2.30. The van der Waals surface area contributed by atoms with Crippen LogP contribution in [0.25, 0.3) is 0 Å². The van der Waals surface area contributed by atoms with Crippen LogP contribution in [0.1, 0.15) is 24.8 Å². The van der Waals surface area contributed by atoms with Crippen LogP contribution < -0.4 is 10.1 Å². The van der Waals surface area contributed by atoms with Gasteiger partial charge < -0.3 is 15.2 Å². The van der Waals surface area contributed by atoms with E-state index in [0.29, 0.717) is 17.9 Å². The average molecular weight is 249 g/mol. The summed E-state index contributed by atoms with van der Waals surface area (Å²) in [6, 6.07) is 5.63. The maximum Gasteiger partial charge on any atom is 0.230 e.